The first-order chi connectivity index (χ1) is 10.7. The minimum absolute atomic E-state index is 0.0689. The van der Waals surface area contributed by atoms with Crippen LogP contribution in [0.5, 0.6) is 0 Å². The molecule has 0 radical (unpaired) electrons. The van der Waals surface area contributed by atoms with Crippen LogP contribution < -0.4 is 10.2 Å². The Bertz CT molecular complexity index is 722. The summed E-state index contributed by atoms with van der Waals surface area (Å²) in [6, 6.07) is 6.07. The van der Waals surface area contributed by atoms with Crippen LogP contribution in [-0.4, -0.2) is 37.2 Å². The van der Waals surface area contributed by atoms with Gasteiger partial charge in [-0.3, -0.25) is 4.79 Å². The topological polar surface area (TPSA) is 54.5 Å². The minimum Gasteiger partial charge on any atom is -0.378 e. The Hall–Kier alpha value is -1.92. The number of morpholine rings is 1. The van der Waals surface area contributed by atoms with E-state index in [0.29, 0.717) is 0 Å². The van der Waals surface area contributed by atoms with Gasteiger partial charge < -0.3 is 15.0 Å². The van der Waals surface area contributed by atoms with Crippen molar-refractivity contribution in [2.75, 3.05) is 36.5 Å². The van der Waals surface area contributed by atoms with E-state index in [0.717, 1.165) is 53.9 Å². The molecule has 2 aliphatic rings. The van der Waals surface area contributed by atoms with Crippen LogP contribution in [0.2, 0.25) is 0 Å². The van der Waals surface area contributed by atoms with E-state index in [2.05, 4.69) is 21.7 Å². The van der Waals surface area contributed by atoms with Crippen LogP contribution in [0.4, 0.5) is 10.8 Å². The second-order valence-corrected chi connectivity index (χ2v) is 6.46. The average Bonchev–Trinajstić information content (AvgIpc) is 3.14. The molecule has 1 aromatic heterocycles. The predicted octanol–water partition coefficient (Wildman–Crippen LogP) is 2.70. The van der Waals surface area contributed by atoms with Crippen LogP contribution >= 0.6 is 11.3 Å². The molecule has 0 aliphatic carbocycles. The molecule has 0 saturated carbocycles. The Balaban J connectivity index is 1.63. The summed E-state index contributed by atoms with van der Waals surface area (Å²) in [5.74, 6) is -0.0215. The zero-order valence-corrected chi connectivity index (χ0v) is 13.2. The lowest BCUT2D eigenvalue weighted by molar-refractivity contribution is -0.116. The summed E-state index contributed by atoms with van der Waals surface area (Å²) in [5, 5.41) is 6.03. The number of amides is 1. The van der Waals surface area contributed by atoms with Crippen LogP contribution in [0, 0.1) is 0 Å². The molecule has 1 saturated heterocycles. The van der Waals surface area contributed by atoms with Gasteiger partial charge >= 0.3 is 0 Å². The van der Waals surface area contributed by atoms with Gasteiger partial charge in [-0.25, -0.2) is 4.98 Å². The van der Waals surface area contributed by atoms with E-state index >= 15 is 0 Å². The number of nitrogens with zero attached hydrogens (tertiary/aromatic N) is 2. The Morgan fingerprint density at radius 3 is 3.00 bits per heavy atom. The lowest BCUT2D eigenvalue weighted by atomic mass is 10.00. The Labute approximate surface area is 132 Å². The number of aromatic nitrogens is 1. The van der Waals surface area contributed by atoms with Crippen molar-refractivity contribution in [1.82, 2.24) is 4.98 Å². The standard InChI is InChI=1S/C16H17N3O2S/c1-10-12-8-11(2-3-13(12)17-15(10)20)14-9-22-16(18-14)19-4-6-21-7-5-19/h2-3,8-10H,4-7H2,1H3,(H,17,20)/t10-/m1/s1. The molecule has 1 fully saturated rings. The fourth-order valence-electron chi connectivity index (χ4n) is 2.87. The van der Waals surface area contributed by atoms with E-state index in [-0.39, 0.29) is 11.8 Å². The van der Waals surface area contributed by atoms with Crippen molar-refractivity contribution in [3.8, 4) is 11.3 Å². The Morgan fingerprint density at radius 1 is 1.36 bits per heavy atom. The molecule has 1 amide bonds. The second kappa shape index (κ2) is 5.37. The first-order valence-electron chi connectivity index (χ1n) is 7.46. The highest BCUT2D eigenvalue weighted by Crippen LogP contribution is 2.36. The van der Waals surface area contributed by atoms with E-state index in [9.17, 15) is 4.79 Å². The summed E-state index contributed by atoms with van der Waals surface area (Å²) in [7, 11) is 0. The number of hydrogen-bond donors (Lipinski definition) is 1. The van der Waals surface area contributed by atoms with E-state index in [4.69, 9.17) is 9.72 Å². The lowest BCUT2D eigenvalue weighted by Gasteiger charge is -2.26. The summed E-state index contributed by atoms with van der Waals surface area (Å²) < 4.78 is 5.38. The van der Waals surface area contributed by atoms with Gasteiger partial charge in [-0.05, 0) is 24.6 Å². The fraction of sp³-hybridized carbons (Fsp3) is 0.375. The van der Waals surface area contributed by atoms with Gasteiger partial charge in [0.1, 0.15) is 0 Å². The summed E-state index contributed by atoms with van der Waals surface area (Å²) in [4.78, 5) is 18.8. The van der Waals surface area contributed by atoms with Crippen molar-refractivity contribution in [2.45, 2.75) is 12.8 Å². The molecule has 2 aromatic rings. The van der Waals surface area contributed by atoms with Gasteiger partial charge in [-0.2, -0.15) is 0 Å². The quantitative estimate of drug-likeness (QED) is 0.926. The van der Waals surface area contributed by atoms with Crippen molar-refractivity contribution < 1.29 is 9.53 Å². The third kappa shape index (κ3) is 2.28. The summed E-state index contributed by atoms with van der Waals surface area (Å²) >= 11 is 1.66. The fourth-order valence-corrected chi connectivity index (χ4v) is 3.76. The molecule has 1 atom stereocenters. The SMILES string of the molecule is C[C@H]1C(=O)Nc2ccc(-c3csc(N4CCOCC4)n3)cc21. The molecule has 1 N–H and O–H groups in total. The van der Waals surface area contributed by atoms with Crippen LogP contribution in [0.15, 0.2) is 23.6 Å². The molecule has 0 unspecified atom stereocenters. The summed E-state index contributed by atoms with van der Waals surface area (Å²) in [6.45, 7) is 5.25. The highest BCUT2D eigenvalue weighted by Gasteiger charge is 2.27. The molecule has 114 valence electrons. The second-order valence-electron chi connectivity index (χ2n) is 5.63. The highest BCUT2D eigenvalue weighted by molar-refractivity contribution is 7.14. The molecule has 0 bridgehead atoms. The number of carbonyl (C=O) groups excluding carboxylic acids is 1. The average molecular weight is 315 g/mol. The molecule has 0 spiro atoms. The number of fused-ring (bicyclic) bond motifs is 1. The number of ether oxygens (including phenoxy) is 1. The predicted molar refractivity (Wildman–Crippen MR) is 87.6 cm³/mol. The van der Waals surface area contributed by atoms with Gasteiger partial charge in [0, 0.05) is 29.7 Å². The van der Waals surface area contributed by atoms with E-state index < -0.39 is 0 Å². The van der Waals surface area contributed by atoms with Gasteiger partial charge in [0.25, 0.3) is 0 Å². The monoisotopic (exact) mass is 315 g/mol. The molecule has 1 aromatic carbocycles. The molecule has 5 nitrogen and oxygen atoms in total. The molecule has 3 heterocycles. The third-order valence-electron chi connectivity index (χ3n) is 4.24. The first kappa shape index (κ1) is 13.7. The summed E-state index contributed by atoms with van der Waals surface area (Å²) in [6.07, 6.45) is 0. The maximum atomic E-state index is 11.7. The zero-order valence-electron chi connectivity index (χ0n) is 12.3. The lowest BCUT2D eigenvalue weighted by Crippen LogP contribution is -2.36. The normalized spacial score (nSPS) is 20.9. The highest BCUT2D eigenvalue weighted by atomic mass is 32.1. The van der Waals surface area contributed by atoms with Crippen molar-refractivity contribution in [3.05, 3.63) is 29.1 Å². The van der Waals surface area contributed by atoms with Crippen LogP contribution in [0.3, 0.4) is 0 Å². The molecule has 2 aliphatic heterocycles. The molecular weight excluding hydrogens is 298 g/mol. The largest absolute Gasteiger partial charge is 0.378 e. The maximum absolute atomic E-state index is 11.7. The number of hydrogen-bond acceptors (Lipinski definition) is 5. The number of rotatable bonds is 2. The molecule has 4 rings (SSSR count). The molecular formula is C16H17N3O2S. The summed E-state index contributed by atoms with van der Waals surface area (Å²) in [5.41, 5.74) is 4.02. The maximum Gasteiger partial charge on any atom is 0.231 e. The van der Waals surface area contributed by atoms with E-state index in [1.54, 1.807) is 11.3 Å². The molecule has 6 heteroatoms. The number of carbonyl (C=O) groups is 1. The Morgan fingerprint density at radius 2 is 2.18 bits per heavy atom. The Kier molecular flexibility index (Phi) is 3.35. The van der Waals surface area contributed by atoms with E-state index in [1.807, 2.05) is 19.1 Å². The minimum atomic E-state index is -0.0905. The molecule has 22 heavy (non-hydrogen) atoms. The van der Waals surface area contributed by atoms with Crippen molar-refractivity contribution in [3.63, 3.8) is 0 Å². The van der Waals surface area contributed by atoms with Crippen molar-refractivity contribution in [2.24, 2.45) is 0 Å². The van der Waals surface area contributed by atoms with Crippen LogP contribution in [0.25, 0.3) is 11.3 Å². The van der Waals surface area contributed by atoms with Gasteiger partial charge in [-0.1, -0.05) is 6.07 Å². The number of nitrogens with one attached hydrogen (secondary N) is 1. The number of thiazole rings is 1. The van der Waals surface area contributed by atoms with Crippen molar-refractivity contribution >= 4 is 28.1 Å². The van der Waals surface area contributed by atoms with Crippen LogP contribution in [0.1, 0.15) is 18.4 Å². The van der Waals surface area contributed by atoms with Crippen molar-refractivity contribution in [1.29, 1.82) is 0 Å². The van der Waals surface area contributed by atoms with Gasteiger partial charge in [0.15, 0.2) is 5.13 Å². The number of anilines is 2. The van der Waals surface area contributed by atoms with Gasteiger partial charge in [-0.15, -0.1) is 11.3 Å². The van der Waals surface area contributed by atoms with Gasteiger partial charge in [0.2, 0.25) is 5.91 Å². The third-order valence-corrected chi connectivity index (χ3v) is 5.14. The first-order valence-corrected chi connectivity index (χ1v) is 8.34. The number of benzene rings is 1. The van der Waals surface area contributed by atoms with Gasteiger partial charge in [0.05, 0.1) is 24.8 Å². The smallest absolute Gasteiger partial charge is 0.231 e. The van der Waals surface area contributed by atoms with E-state index in [1.165, 1.54) is 0 Å². The van der Waals surface area contributed by atoms with Crippen LogP contribution in [-0.2, 0) is 9.53 Å². The zero-order chi connectivity index (χ0) is 15.1.